The zero-order valence-corrected chi connectivity index (χ0v) is 16.1. The lowest BCUT2D eigenvalue weighted by atomic mass is 10.1. The van der Waals surface area contributed by atoms with Gasteiger partial charge in [-0.05, 0) is 50.6 Å². The fourth-order valence-corrected chi connectivity index (χ4v) is 3.97. The lowest BCUT2D eigenvalue weighted by molar-refractivity contribution is 0.553. The highest BCUT2D eigenvalue weighted by molar-refractivity contribution is 7.89. The Labute approximate surface area is 157 Å². The van der Waals surface area contributed by atoms with Gasteiger partial charge >= 0.3 is 0 Å². The smallest absolute Gasteiger partial charge is 0.243 e. The minimum Gasteiger partial charge on any atom is -0.272 e. The summed E-state index contributed by atoms with van der Waals surface area (Å²) in [6.07, 6.45) is 3.95. The van der Waals surface area contributed by atoms with Crippen molar-refractivity contribution in [2.45, 2.75) is 38.3 Å². The van der Waals surface area contributed by atoms with Crippen LogP contribution in [0.1, 0.15) is 19.0 Å². The van der Waals surface area contributed by atoms with Gasteiger partial charge in [0.1, 0.15) is 10.7 Å². The van der Waals surface area contributed by atoms with Crippen molar-refractivity contribution in [3.05, 3.63) is 54.2 Å². The number of aryl methyl sites for hydroxylation is 3. The second kappa shape index (κ2) is 8.01. The van der Waals surface area contributed by atoms with E-state index in [0.29, 0.717) is 31.7 Å². The first-order chi connectivity index (χ1) is 12.9. The molecule has 2 aromatic heterocycles. The van der Waals surface area contributed by atoms with Crippen molar-refractivity contribution < 1.29 is 12.8 Å². The third-order valence-electron chi connectivity index (χ3n) is 4.15. The number of aromatic nitrogens is 4. The van der Waals surface area contributed by atoms with Crippen molar-refractivity contribution in [1.82, 2.24) is 24.3 Å². The molecule has 0 unspecified atom stereocenters. The summed E-state index contributed by atoms with van der Waals surface area (Å²) < 4.78 is 43.7. The maximum absolute atomic E-state index is 13.0. The van der Waals surface area contributed by atoms with E-state index in [4.69, 9.17) is 0 Å². The quantitative estimate of drug-likeness (QED) is 0.599. The predicted molar refractivity (Wildman–Crippen MR) is 100 cm³/mol. The molecule has 0 aliphatic rings. The zero-order valence-electron chi connectivity index (χ0n) is 15.3. The minimum atomic E-state index is -3.58. The van der Waals surface area contributed by atoms with Crippen molar-refractivity contribution in [2.75, 3.05) is 6.54 Å². The number of sulfonamides is 1. The van der Waals surface area contributed by atoms with E-state index >= 15 is 0 Å². The van der Waals surface area contributed by atoms with Gasteiger partial charge in [0.25, 0.3) is 0 Å². The van der Waals surface area contributed by atoms with Gasteiger partial charge in [-0.1, -0.05) is 0 Å². The topological polar surface area (TPSA) is 81.8 Å². The Morgan fingerprint density at radius 1 is 1.11 bits per heavy atom. The standard InChI is InChI=1S/C18H22FN5O2S/c1-3-23-13-18(14(2)21-23)27(25,26)20-10-4-11-24-12-9-17(22-24)15-5-7-16(19)8-6-15/h5-9,12-13,20H,3-4,10-11H2,1-2H3. The molecule has 0 spiro atoms. The fourth-order valence-electron chi connectivity index (χ4n) is 2.71. The van der Waals surface area contributed by atoms with Gasteiger partial charge in [0.05, 0.1) is 11.4 Å². The molecule has 0 amide bonds. The molecule has 0 radical (unpaired) electrons. The Bertz CT molecular complexity index is 1010. The van der Waals surface area contributed by atoms with E-state index in [9.17, 15) is 12.8 Å². The van der Waals surface area contributed by atoms with Crippen molar-refractivity contribution in [2.24, 2.45) is 0 Å². The van der Waals surface area contributed by atoms with Gasteiger partial charge in [-0.3, -0.25) is 9.36 Å². The van der Waals surface area contributed by atoms with Crippen LogP contribution in [-0.2, 0) is 23.1 Å². The second-order valence-electron chi connectivity index (χ2n) is 6.16. The van der Waals surface area contributed by atoms with Gasteiger partial charge in [0.2, 0.25) is 10.0 Å². The maximum atomic E-state index is 13.0. The van der Waals surface area contributed by atoms with Gasteiger partial charge < -0.3 is 0 Å². The first kappa shape index (κ1) is 19.2. The van der Waals surface area contributed by atoms with Crippen molar-refractivity contribution in [1.29, 1.82) is 0 Å². The Morgan fingerprint density at radius 2 is 1.85 bits per heavy atom. The molecule has 1 N–H and O–H groups in total. The Balaban J connectivity index is 1.54. The highest BCUT2D eigenvalue weighted by atomic mass is 32.2. The van der Waals surface area contributed by atoms with Gasteiger partial charge in [0.15, 0.2) is 0 Å². The fraction of sp³-hybridized carbons (Fsp3) is 0.333. The van der Waals surface area contributed by atoms with Crippen LogP contribution in [0.5, 0.6) is 0 Å². The summed E-state index contributed by atoms with van der Waals surface area (Å²) in [5.41, 5.74) is 2.07. The molecule has 3 rings (SSSR count). The summed E-state index contributed by atoms with van der Waals surface area (Å²) in [5.74, 6) is -0.287. The number of halogens is 1. The molecule has 27 heavy (non-hydrogen) atoms. The number of rotatable bonds is 8. The third kappa shape index (κ3) is 4.61. The van der Waals surface area contributed by atoms with Gasteiger partial charge in [-0.25, -0.2) is 17.5 Å². The molecule has 2 heterocycles. The average Bonchev–Trinajstić information content (AvgIpc) is 3.26. The molecule has 144 valence electrons. The minimum absolute atomic E-state index is 0.210. The van der Waals surface area contributed by atoms with Crippen LogP contribution in [-0.4, -0.2) is 34.5 Å². The van der Waals surface area contributed by atoms with E-state index in [0.717, 1.165) is 11.3 Å². The SMILES string of the molecule is CCn1cc(S(=O)(=O)NCCCn2ccc(-c3ccc(F)cc3)n2)c(C)n1. The Hall–Kier alpha value is -2.52. The van der Waals surface area contributed by atoms with Gasteiger partial charge in [-0.15, -0.1) is 0 Å². The lowest BCUT2D eigenvalue weighted by Gasteiger charge is -2.06. The summed E-state index contributed by atoms with van der Waals surface area (Å²) >= 11 is 0. The van der Waals surface area contributed by atoms with Crippen molar-refractivity contribution in [3.8, 4) is 11.3 Å². The van der Waals surface area contributed by atoms with Crippen LogP contribution in [0.15, 0.2) is 47.6 Å². The van der Waals surface area contributed by atoms with E-state index in [1.807, 2.05) is 19.2 Å². The number of hydrogen-bond donors (Lipinski definition) is 1. The van der Waals surface area contributed by atoms with E-state index in [-0.39, 0.29) is 10.7 Å². The van der Waals surface area contributed by atoms with Crippen LogP contribution in [0.4, 0.5) is 4.39 Å². The molecule has 0 aliphatic carbocycles. The van der Waals surface area contributed by atoms with Gasteiger partial charge in [0, 0.05) is 37.6 Å². The molecule has 0 aliphatic heterocycles. The number of nitrogens with zero attached hydrogens (tertiary/aromatic N) is 4. The van der Waals surface area contributed by atoms with E-state index in [1.54, 1.807) is 34.6 Å². The highest BCUT2D eigenvalue weighted by Gasteiger charge is 2.19. The van der Waals surface area contributed by atoms with Crippen molar-refractivity contribution in [3.63, 3.8) is 0 Å². The summed E-state index contributed by atoms with van der Waals surface area (Å²) in [4.78, 5) is 0.210. The molecule has 3 aromatic rings. The highest BCUT2D eigenvalue weighted by Crippen LogP contribution is 2.17. The summed E-state index contributed by atoms with van der Waals surface area (Å²) in [6, 6.07) is 7.99. The van der Waals surface area contributed by atoms with Gasteiger partial charge in [-0.2, -0.15) is 10.2 Å². The molecule has 0 fully saturated rings. The summed E-state index contributed by atoms with van der Waals surface area (Å²) in [7, 11) is -3.58. The van der Waals surface area contributed by atoms with E-state index < -0.39 is 10.0 Å². The third-order valence-corrected chi connectivity index (χ3v) is 5.72. The molecule has 0 saturated heterocycles. The Kier molecular flexibility index (Phi) is 5.71. The molecule has 7 nitrogen and oxygen atoms in total. The second-order valence-corrected chi connectivity index (χ2v) is 7.89. The molecular weight excluding hydrogens is 369 g/mol. The van der Waals surface area contributed by atoms with Crippen LogP contribution in [0, 0.1) is 12.7 Å². The van der Waals surface area contributed by atoms with Crippen LogP contribution in [0.2, 0.25) is 0 Å². The molecule has 9 heteroatoms. The van der Waals surface area contributed by atoms with Crippen molar-refractivity contribution >= 4 is 10.0 Å². The lowest BCUT2D eigenvalue weighted by Crippen LogP contribution is -2.26. The zero-order chi connectivity index (χ0) is 19.4. The first-order valence-electron chi connectivity index (χ1n) is 8.72. The number of benzene rings is 1. The average molecular weight is 391 g/mol. The van der Waals surface area contributed by atoms with Crippen LogP contribution in [0.3, 0.4) is 0 Å². The van der Waals surface area contributed by atoms with E-state index in [1.165, 1.54) is 12.1 Å². The number of nitrogens with one attached hydrogen (secondary N) is 1. The van der Waals surface area contributed by atoms with Crippen LogP contribution < -0.4 is 4.72 Å². The number of hydrogen-bond acceptors (Lipinski definition) is 4. The van der Waals surface area contributed by atoms with Crippen LogP contribution in [0.25, 0.3) is 11.3 Å². The van der Waals surface area contributed by atoms with E-state index in [2.05, 4.69) is 14.9 Å². The maximum Gasteiger partial charge on any atom is 0.243 e. The largest absolute Gasteiger partial charge is 0.272 e. The summed E-state index contributed by atoms with van der Waals surface area (Å²) in [5, 5.41) is 8.60. The Morgan fingerprint density at radius 3 is 2.52 bits per heavy atom. The molecule has 1 aromatic carbocycles. The predicted octanol–water partition coefficient (Wildman–Crippen LogP) is 2.58. The monoisotopic (exact) mass is 391 g/mol. The first-order valence-corrected chi connectivity index (χ1v) is 10.2. The molecular formula is C18H22FN5O2S. The summed E-state index contributed by atoms with van der Waals surface area (Å²) in [6.45, 7) is 5.07. The van der Waals surface area contributed by atoms with Crippen LogP contribution >= 0.6 is 0 Å². The molecule has 0 bridgehead atoms. The molecule has 0 atom stereocenters. The molecule has 0 saturated carbocycles. The normalized spacial score (nSPS) is 11.8.